The summed E-state index contributed by atoms with van der Waals surface area (Å²) in [5, 5.41) is 1.15. The number of carbonyl (C=O) groups excluding carboxylic acids is 1. The number of fused-ring (bicyclic) bond motifs is 3. The largest absolute Gasteiger partial charge is 0.334 e. The summed E-state index contributed by atoms with van der Waals surface area (Å²) >= 11 is 3.66. The summed E-state index contributed by atoms with van der Waals surface area (Å²) in [6.45, 7) is 0.838. The number of benzene rings is 1. The molecule has 0 N–H and O–H groups in total. The Labute approximate surface area is 113 Å². The van der Waals surface area contributed by atoms with Crippen LogP contribution < -0.4 is 0 Å². The van der Waals surface area contributed by atoms with Crippen molar-refractivity contribution in [3.8, 4) is 0 Å². The van der Waals surface area contributed by atoms with E-state index in [4.69, 9.17) is 0 Å². The van der Waals surface area contributed by atoms with Crippen molar-refractivity contribution in [3.63, 3.8) is 0 Å². The molecule has 4 rings (SSSR count). The van der Waals surface area contributed by atoms with Gasteiger partial charge in [-0.2, -0.15) is 0 Å². The number of aromatic nitrogens is 1. The van der Waals surface area contributed by atoms with E-state index in [2.05, 4.69) is 32.6 Å². The molecule has 92 valence electrons. The monoisotopic (exact) mass is 304 g/mol. The fraction of sp³-hybridized carbons (Fsp3) is 0.357. The molecule has 3 nitrogen and oxygen atoms in total. The van der Waals surface area contributed by atoms with Gasteiger partial charge in [-0.05, 0) is 25.0 Å². The van der Waals surface area contributed by atoms with Gasteiger partial charge in [0, 0.05) is 16.9 Å². The summed E-state index contributed by atoms with van der Waals surface area (Å²) in [6, 6.07) is 10.7. The number of halogens is 1. The fourth-order valence-corrected chi connectivity index (χ4v) is 3.64. The van der Waals surface area contributed by atoms with Crippen LogP contribution in [-0.2, 0) is 6.54 Å². The average molecular weight is 305 g/mol. The second-order valence-electron chi connectivity index (χ2n) is 5.08. The van der Waals surface area contributed by atoms with Gasteiger partial charge in [0.1, 0.15) is 10.6 Å². The summed E-state index contributed by atoms with van der Waals surface area (Å²) in [5.74, 6) is 0.168. The van der Waals surface area contributed by atoms with Crippen LogP contribution in [0.25, 0.3) is 10.9 Å². The zero-order valence-electron chi connectivity index (χ0n) is 9.84. The molecule has 4 heteroatoms. The van der Waals surface area contributed by atoms with E-state index in [0.717, 1.165) is 36.0 Å². The van der Waals surface area contributed by atoms with Crippen molar-refractivity contribution in [2.24, 2.45) is 0 Å². The molecule has 18 heavy (non-hydrogen) atoms. The molecule has 2 aliphatic rings. The lowest BCUT2D eigenvalue weighted by atomic mass is 10.2. The van der Waals surface area contributed by atoms with Gasteiger partial charge in [-0.25, -0.2) is 0 Å². The second kappa shape index (κ2) is 3.60. The van der Waals surface area contributed by atoms with Crippen molar-refractivity contribution in [1.29, 1.82) is 0 Å². The van der Waals surface area contributed by atoms with E-state index in [-0.39, 0.29) is 10.9 Å². The van der Waals surface area contributed by atoms with E-state index in [1.807, 2.05) is 23.1 Å². The molecule has 1 aromatic carbocycles. The van der Waals surface area contributed by atoms with E-state index < -0.39 is 0 Å². The van der Waals surface area contributed by atoms with Crippen molar-refractivity contribution in [2.75, 3.05) is 0 Å². The highest BCUT2D eigenvalue weighted by molar-refractivity contribution is 9.09. The SMILES string of the molecule is O=C1c2cc3ccccc3n2CC(Br)N1C1CC1. The van der Waals surface area contributed by atoms with Gasteiger partial charge >= 0.3 is 0 Å². The lowest BCUT2D eigenvalue weighted by Crippen LogP contribution is -2.46. The van der Waals surface area contributed by atoms with Crippen LogP contribution in [0.4, 0.5) is 0 Å². The molecule has 0 radical (unpaired) electrons. The van der Waals surface area contributed by atoms with Crippen LogP contribution in [0, 0.1) is 0 Å². The summed E-state index contributed by atoms with van der Waals surface area (Å²) in [5.41, 5.74) is 1.99. The number of hydrogen-bond acceptors (Lipinski definition) is 1. The van der Waals surface area contributed by atoms with Crippen LogP contribution in [0.3, 0.4) is 0 Å². The highest BCUT2D eigenvalue weighted by atomic mass is 79.9. The number of hydrogen-bond donors (Lipinski definition) is 0. The first kappa shape index (κ1) is 10.6. The van der Waals surface area contributed by atoms with Crippen LogP contribution in [0.2, 0.25) is 0 Å². The van der Waals surface area contributed by atoms with Crippen molar-refractivity contribution in [2.45, 2.75) is 30.4 Å². The molecule has 0 spiro atoms. The fourth-order valence-electron chi connectivity index (χ4n) is 2.83. The molecule has 1 amide bonds. The lowest BCUT2D eigenvalue weighted by Gasteiger charge is -2.33. The third kappa shape index (κ3) is 1.38. The Morgan fingerprint density at radius 1 is 1.22 bits per heavy atom. The van der Waals surface area contributed by atoms with E-state index in [1.165, 1.54) is 0 Å². The summed E-state index contributed by atoms with van der Waals surface area (Å²) < 4.78 is 2.13. The number of nitrogens with zero attached hydrogens (tertiary/aromatic N) is 2. The Morgan fingerprint density at radius 2 is 2.00 bits per heavy atom. The van der Waals surface area contributed by atoms with E-state index in [0.29, 0.717) is 6.04 Å². The van der Waals surface area contributed by atoms with Crippen molar-refractivity contribution in [3.05, 3.63) is 36.0 Å². The smallest absolute Gasteiger partial charge is 0.271 e. The molecule has 1 atom stereocenters. The molecular formula is C14H13BrN2O. The number of rotatable bonds is 1. The summed E-state index contributed by atoms with van der Waals surface area (Å²) in [6.07, 6.45) is 2.29. The first-order valence-corrected chi connectivity index (χ1v) is 7.22. The quantitative estimate of drug-likeness (QED) is 0.587. The highest BCUT2D eigenvalue weighted by Gasteiger charge is 2.41. The zero-order chi connectivity index (χ0) is 12.3. The molecule has 1 saturated carbocycles. The number of alkyl halides is 1. The van der Waals surface area contributed by atoms with Gasteiger partial charge in [0.15, 0.2) is 0 Å². The van der Waals surface area contributed by atoms with Crippen molar-refractivity contribution >= 4 is 32.7 Å². The Kier molecular flexibility index (Phi) is 2.13. The maximum Gasteiger partial charge on any atom is 0.271 e. The number of carbonyl (C=O) groups is 1. The number of amides is 1. The maximum absolute atomic E-state index is 12.6. The van der Waals surface area contributed by atoms with Gasteiger partial charge in [-0.3, -0.25) is 4.79 Å². The second-order valence-corrected chi connectivity index (χ2v) is 6.13. The molecule has 0 bridgehead atoms. The standard InChI is InChI=1S/C14H13BrN2O/c15-13-8-16-11-4-2-1-3-9(11)7-12(16)14(18)17(13)10-5-6-10/h1-4,7,10,13H,5-6,8H2. The minimum absolute atomic E-state index is 0.126. The average Bonchev–Trinajstić information content (AvgIpc) is 3.12. The molecular weight excluding hydrogens is 292 g/mol. The van der Waals surface area contributed by atoms with Crippen molar-refractivity contribution < 1.29 is 4.79 Å². The van der Waals surface area contributed by atoms with Gasteiger partial charge in [-0.1, -0.05) is 34.1 Å². The van der Waals surface area contributed by atoms with Gasteiger partial charge < -0.3 is 9.47 Å². The Bertz CT molecular complexity index is 644. The first-order chi connectivity index (χ1) is 8.75. The number of para-hydroxylation sites is 1. The Hall–Kier alpha value is -1.29. The third-order valence-corrected chi connectivity index (χ3v) is 4.57. The molecule has 2 aromatic rings. The zero-order valence-corrected chi connectivity index (χ0v) is 11.4. The first-order valence-electron chi connectivity index (χ1n) is 6.31. The minimum Gasteiger partial charge on any atom is -0.334 e. The predicted octanol–water partition coefficient (Wildman–Crippen LogP) is 2.98. The molecule has 1 aliphatic heterocycles. The van der Waals surface area contributed by atoms with Gasteiger partial charge in [0.25, 0.3) is 5.91 Å². The molecule has 1 aliphatic carbocycles. The van der Waals surface area contributed by atoms with Crippen molar-refractivity contribution in [1.82, 2.24) is 9.47 Å². The van der Waals surface area contributed by atoms with Gasteiger partial charge in [-0.15, -0.1) is 0 Å². The normalized spacial score (nSPS) is 23.5. The lowest BCUT2D eigenvalue weighted by molar-refractivity contribution is 0.0670. The van der Waals surface area contributed by atoms with E-state index in [1.54, 1.807) is 0 Å². The van der Waals surface area contributed by atoms with Crippen LogP contribution in [0.1, 0.15) is 23.3 Å². The van der Waals surface area contributed by atoms with E-state index >= 15 is 0 Å². The van der Waals surface area contributed by atoms with Crippen LogP contribution >= 0.6 is 15.9 Å². The van der Waals surface area contributed by atoms with Gasteiger partial charge in [0.05, 0.1) is 6.54 Å². The molecule has 0 saturated heterocycles. The predicted molar refractivity (Wildman–Crippen MR) is 73.8 cm³/mol. The molecule has 1 aromatic heterocycles. The van der Waals surface area contributed by atoms with Gasteiger partial charge in [0.2, 0.25) is 0 Å². The summed E-state index contributed by atoms with van der Waals surface area (Å²) in [4.78, 5) is 14.7. The Balaban J connectivity index is 1.90. The third-order valence-electron chi connectivity index (χ3n) is 3.84. The molecule has 1 fully saturated rings. The van der Waals surface area contributed by atoms with Crippen LogP contribution in [-0.4, -0.2) is 26.4 Å². The topological polar surface area (TPSA) is 25.2 Å². The molecule has 1 unspecified atom stereocenters. The highest BCUT2D eigenvalue weighted by Crippen LogP contribution is 2.36. The molecule has 2 heterocycles. The maximum atomic E-state index is 12.6. The van der Waals surface area contributed by atoms with Crippen LogP contribution in [0.5, 0.6) is 0 Å². The minimum atomic E-state index is 0.126. The van der Waals surface area contributed by atoms with E-state index in [9.17, 15) is 4.79 Å². The summed E-state index contributed by atoms with van der Waals surface area (Å²) in [7, 11) is 0. The Morgan fingerprint density at radius 3 is 2.78 bits per heavy atom. The van der Waals surface area contributed by atoms with Crippen LogP contribution in [0.15, 0.2) is 30.3 Å².